The lowest BCUT2D eigenvalue weighted by Gasteiger charge is -2.42. The van der Waals surface area contributed by atoms with Crippen LogP contribution in [0.4, 0.5) is 5.69 Å². The van der Waals surface area contributed by atoms with Crippen LogP contribution in [0.2, 0.25) is 0 Å². The van der Waals surface area contributed by atoms with Gasteiger partial charge in [-0.3, -0.25) is 4.79 Å². The molecule has 2 aromatic carbocycles. The van der Waals surface area contributed by atoms with E-state index in [1.54, 1.807) is 0 Å². The van der Waals surface area contributed by atoms with Crippen LogP contribution < -0.4 is 4.90 Å². The molecule has 2 aromatic rings. The van der Waals surface area contributed by atoms with E-state index in [4.69, 9.17) is 0 Å². The molecule has 0 aromatic heterocycles. The molecule has 2 saturated heterocycles. The third-order valence-electron chi connectivity index (χ3n) is 6.69. The number of rotatable bonds is 5. The molecule has 2 heterocycles. The van der Waals surface area contributed by atoms with Crippen molar-refractivity contribution in [3.8, 4) is 0 Å². The highest BCUT2D eigenvalue weighted by molar-refractivity contribution is 6.00. The number of hydrogen-bond donors (Lipinski definition) is 1. The zero-order chi connectivity index (χ0) is 20.3. The van der Waals surface area contributed by atoms with E-state index in [1.165, 1.54) is 24.0 Å². The molecule has 2 aliphatic heterocycles. The first-order valence-electron chi connectivity index (χ1n) is 10.9. The van der Waals surface area contributed by atoms with Gasteiger partial charge < -0.3 is 14.9 Å². The average Bonchev–Trinajstić information content (AvgIpc) is 3.30. The van der Waals surface area contributed by atoms with Gasteiger partial charge in [-0.25, -0.2) is 0 Å². The molecule has 0 bridgehead atoms. The summed E-state index contributed by atoms with van der Waals surface area (Å²) < 4.78 is 0. The average molecular weight is 393 g/mol. The summed E-state index contributed by atoms with van der Waals surface area (Å²) in [5, 5.41) is 10.3. The van der Waals surface area contributed by atoms with Gasteiger partial charge >= 0.3 is 0 Å². The van der Waals surface area contributed by atoms with Crippen molar-refractivity contribution >= 4 is 11.6 Å². The third kappa shape index (κ3) is 4.18. The highest BCUT2D eigenvalue weighted by Crippen LogP contribution is 2.35. The summed E-state index contributed by atoms with van der Waals surface area (Å²) in [5.41, 5.74) is 4.13. The van der Waals surface area contributed by atoms with Crippen LogP contribution in [-0.4, -0.2) is 48.7 Å². The van der Waals surface area contributed by atoms with E-state index in [0.717, 1.165) is 50.1 Å². The molecule has 1 amide bonds. The number of hydrogen-bond acceptors (Lipinski definition) is 3. The Morgan fingerprint density at radius 2 is 1.72 bits per heavy atom. The van der Waals surface area contributed by atoms with E-state index in [-0.39, 0.29) is 17.9 Å². The molecule has 29 heavy (non-hydrogen) atoms. The minimum atomic E-state index is -0.261. The summed E-state index contributed by atoms with van der Waals surface area (Å²) in [7, 11) is 0. The number of benzene rings is 2. The predicted octanol–water partition coefficient (Wildman–Crippen LogP) is 4.05. The summed E-state index contributed by atoms with van der Waals surface area (Å²) in [6.45, 7) is 5.67. The smallest absolute Gasteiger partial charge is 0.255 e. The Morgan fingerprint density at radius 1 is 1.00 bits per heavy atom. The van der Waals surface area contributed by atoms with Gasteiger partial charge in [-0.15, -0.1) is 0 Å². The maximum atomic E-state index is 13.5. The van der Waals surface area contributed by atoms with Gasteiger partial charge in [-0.2, -0.15) is 0 Å². The van der Waals surface area contributed by atoms with Gasteiger partial charge in [0.05, 0.1) is 12.2 Å². The maximum absolute atomic E-state index is 13.5. The first-order chi connectivity index (χ1) is 14.1. The normalized spacial score (nSPS) is 22.1. The number of anilines is 1. The molecule has 0 spiro atoms. The van der Waals surface area contributed by atoms with Crippen LogP contribution in [0.25, 0.3) is 0 Å². The SMILES string of the molecule is Cc1ccccc1CC1(CO)CCCN(C(=O)c2ccccc2N2CCCC2)C1. The number of piperidine rings is 1. The molecule has 2 fully saturated rings. The molecule has 0 radical (unpaired) electrons. The Balaban J connectivity index is 1.56. The lowest BCUT2D eigenvalue weighted by molar-refractivity contribution is 0.0271. The molecule has 0 saturated carbocycles. The highest BCUT2D eigenvalue weighted by atomic mass is 16.3. The molecule has 1 atom stereocenters. The van der Waals surface area contributed by atoms with E-state index in [2.05, 4.69) is 42.2 Å². The topological polar surface area (TPSA) is 43.8 Å². The van der Waals surface area contributed by atoms with Crippen LogP contribution in [0.15, 0.2) is 48.5 Å². The fourth-order valence-corrected chi connectivity index (χ4v) is 4.98. The van der Waals surface area contributed by atoms with Gasteiger partial charge in [0.15, 0.2) is 0 Å². The van der Waals surface area contributed by atoms with Gasteiger partial charge in [0.25, 0.3) is 5.91 Å². The van der Waals surface area contributed by atoms with Crippen LogP contribution in [-0.2, 0) is 6.42 Å². The third-order valence-corrected chi connectivity index (χ3v) is 6.69. The van der Waals surface area contributed by atoms with Crippen LogP contribution in [0.5, 0.6) is 0 Å². The number of para-hydroxylation sites is 1. The quantitative estimate of drug-likeness (QED) is 0.835. The van der Waals surface area contributed by atoms with Gasteiger partial charge in [-0.05, 0) is 62.3 Å². The Bertz CT molecular complexity index is 859. The summed E-state index contributed by atoms with van der Waals surface area (Å²) in [6.07, 6.45) is 5.08. The first kappa shape index (κ1) is 20.0. The van der Waals surface area contributed by atoms with E-state index in [1.807, 2.05) is 23.1 Å². The van der Waals surface area contributed by atoms with Crippen LogP contribution in [0, 0.1) is 12.3 Å². The monoisotopic (exact) mass is 392 g/mol. The maximum Gasteiger partial charge on any atom is 0.255 e. The van der Waals surface area contributed by atoms with Crippen LogP contribution in [0.1, 0.15) is 47.2 Å². The van der Waals surface area contributed by atoms with Crippen molar-refractivity contribution in [3.05, 3.63) is 65.2 Å². The molecule has 4 rings (SSSR count). The second-order valence-electron chi connectivity index (χ2n) is 8.80. The van der Waals surface area contributed by atoms with Crippen LogP contribution in [0.3, 0.4) is 0 Å². The number of nitrogens with zero attached hydrogens (tertiary/aromatic N) is 2. The number of aliphatic hydroxyl groups excluding tert-OH is 1. The molecule has 154 valence electrons. The molecular formula is C25H32N2O2. The standard InChI is InChI=1S/C25H32N2O2/c1-20-9-2-3-10-21(20)17-25(19-28)13-8-16-27(18-25)24(29)22-11-4-5-12-23(22)26-14-6-7-15-26/h2-5,9-12,28H,6-8,13-19H2,1H3. The van der Waals surface area contributed by atoms with Gasteiger partial charge in [0.2, 0.25) is 0 Å². The molecule has 2 aliphatic rings. The van der Waals surface area contributed by atoms with Crippen molar-refractivity contribution in [2.45, 2.75) is 39.0 Å². The van der Waals surface area contributed by atoms with Crippen molar-refractivity contribution in [1.29, 1.82) is 0 Å². The second kappa shape index (κ2) is 8.58. The van der Waals surface area contributed by atoms with Crippen molar-refractivity contribution in [1.82, 2.24) is 4.90 Å². The van der Waals surface area contributed by atoms with E-state index >= 15 is 0 Å². The molecule has 4 nitrogen and oxygen atoms in total. The second-order valence-corrected chi connectivity index (χ2v) is 8.80. The minimum Gasteiger partial charge on any atom is -0.396 e. The molecule has 4 heteroatoms. The van der Waals surface area contributed by atoms with E-state index < -0.39 is 0 Å². The van der Waals surface area contributed by atoms with Crippen molar-refractivity contribution in [3.63, 3.8) is 0 Å². The number of carbonyl (C=O) groups excluding carboxylic acids is 1. The minimum absolute atomic E-state index is 0.106. The van der Waals surface area contributed by atoms with E-state index in [9.17, 15) is 9.90 Å². The van der Waals surface area contributed by atoms with Crippen molar-refractivity contribution in [2.75, 3.05) is 37.7 Å². The lowest BCUT2D eigenvalue weighted by Crippen LogP contribution is -2.49. The largest absolute Gasteiger partial charge is 0.396 e. The fourth-order valence-electron chi connectivity index (χ4n) is 4.98. The Hall–Kier alpha value is -2.33. The Kier molecular flexibility index (Phi) is 5.91. The molecule has 0 aliphatic carbocycles. The fraction of sp³-hybridized carbons (Fsp3) is 0.480. The van der Waals surface area contributed by atoms with E-state index in [0.29, 0.717) is 6.54 Å². The number of carbonyl (C=O) groups is 1. The highest BCUT2D eigenvalue weighted by Gasteiger charge is 2.38. The Morgan fingerprint density at radius 3 is 2.48 bits per heavy atom. The number of aliphatic hydroxyl groups is 1. The van der Waals surface area contributed by atoms with Crippen molar-refractivity contribution < 1.29 is 9.90 Å². The van der Waals surface area contributed by atoms with Gasteiger partial charge in [0.1, 0.15) is 0 Å². The molecule has 1 unspecified atom stereocenters. The predicted molar refractivity (Wildman–Crippen MR) is 117 cm³/mol. The Labute approximate surface area is 174 Å². The number of amides is 1. The molecule has 1 N–H and O–H groups in total. The first-order valence-corrected chi connectivity index (χ1v) is 10.9. The van der Waals surface area contributed by atoms with Gasteiger partial charge in [0, 0.05) is 37.3 Å². The number of aryl methyl sites for hydroxylation is 1. The lowest BCUT2D eigenvalue weighted by atomic mass is 9.75. The summed E-state index contributed by atoms with van der Waals surface area (Å²) in [5.74, 6) is 0.106. The van der Waals surface area contributed by atoms with Crippen molar-refractivity contribution in [2.24, 2.45) is 5.41 Å². The summed E-state index contributed by atoms with van der Waals surface area (Å²) >= 11 is 0. The molecular weight excluding hydrogens is 360 g/mol. The zero-order valence-corrected chi connectivity index (χ0v) is 17.4. The van der Waals surface area contributed by atoms with Gasteiger partial charge in [-0.1, -0.05) is 36.4 Å². The number of likely N-dealkylation sites (tertiary alicyclic amines) is 1. The summed E-state index contributed by atoms with van der Waals surface area (Å²) in [4.78, 5) is 17.8. The van der Waals surface area contributed by atoms with Crippen LogP contribution >= 0.6 is 0 Å². The summed E-state index contributed by atoms with van der Waals surface area (Å²) in [6, 6.07) is 16.4. The zero-order valence-electron chi connectivity index (χ0n) is 17.4.